The van der Waals surface area contributed by atoms with E-state index >= 15 is 0 Å². The fourth-order valence-corrected chi connectivity index (χ4v) is 3.39. The zero-order valence-corrected chi connectivity index (χ0v) is 13.8. The van der Waals surface area contributed by atoms with Crippen LogP contribution in [0.4, 0.5) is 0 Å². The summed E-state index contributed by atoms with van der Waals surface area (Å²) in [4.78, 5) is 14.4. The Balaban J connectivity index is 1.99. The van der Waals surface area contributed by atoms with E-state index in [2.05, 4.69) is 0 Å². The molecule has 1 saturated carbocycles. The fourth-order valence-electron chi connectivity index (χ4n) is 3.39. The lowest BCUT2D eigenvalue weighted by Gasteiger charge is -2.36. The molecule has 0 unspecified atom stereocenters. The molecule has 0 spiro atoms. The second-order valence-electron chi connectivity index (χ2n) is 6.50. The van der Waals surface area contributed by atoms with Crippen LogP contribution in [-0.4, -0.2) is 31.5 Å². The standard InChI is InChI=1S/C18H28N2O2/c1-20(13-15-8-4-5-9-16(15)22-2)17(21)12-18(14-19)10-6-3-7-11-18/h4-5,8-9H,3,6-7,10-14,19H2,1-2H3. The molecule has 1 fully saturated rings. The number of carbonyl (C=O) groups excluding carboxylic acids is 1. The van der Waals surface area contributed by atoms with Crippen LogP contribution in [0.3, 0.4) is 0 Å². The highest BCUT2D eigenvalue weighted by molar-refractivity contribution is 5.76. The summed E-state index contributed by atoms with van der Waals surface area (Å²) in [7, 11) is 3.52. The number of nitrogens with zero attached hydrogens (tertiary/aromatic N) is 1. The maximum absolute atomic E-state index is 12.6. The first-order valence-corrected chi connectivity index (χ1v) is 8.16. The monoisotopic (exact) mass is 304 g/mol. The van der Waals surface area contributed by atoms with E-state index in [4.69, 9.17) is 10.5 Å². The Morgan fingerprint density at radius 1 is 1.27 bits per heavy atom. The first kappa shape index (κ1) is 16.8. The van der Waals surface area contributed by atoms with Crippen LogP contribution in [0.2, 0.25) is 0 Å². The van der Waals surface area contributed by atoms with Crippen LogP contribution < -0.4 is 10.5 Å². The Labute approximate surface area is 133 Å². The van der Waals surface area contributed by atoms with Gasteiger partial charge in [0.25, 0.3) is 0 Å². The highest BCUT2D eigenvalue weighted by atomic mass is 16.5. The van der Waals surface area contributed by atoms with Crippen LogP contribution in [0.1, 0.15) is 44.1 Å². The number of ether oxygens (including phenoxy) is 1. The van der Waals surface area contributed by atoms with Gasteiger partial charge >= 0.3 is 0 Å². The van der Waals surface area contributed by atoms with Gasteiger partial charge in [0.15, 0.2) is 0 Å². The Morgan fingerprint density at radius 2 is 1.95 bits per heavy atom. The Kier molecular flexibility index (Phi) is 5.83. The molecule has 0 saturated heterocycles. The number of carbonyl (C=O) groups is 1. The molecule has 0 aliphatic heterocycles. The van der Waals surface area contributed by atoms with Crippen LogP contribution >= 0.6 is 0 Å². The lowest BCUT2D eigenvalue weighted by atomic mass is 9.71. The Bertz CT molecular complexity index is 496. The predicted octanol–water partition coefficient (Wildman–Crippen LogP) is 2.95. The number of hydrogen-bond donors (Lipinski definition) is 1. The van der Waals surface area contributed by atoms with Gasteiger partial charge in [-0.2, -0.15) is 0 Å². The third-order valence-corrected chi connectivity index (χ3v) is 4.90. The summed E-state index contributed by atoms with van der Waals surface area (Å²) in [6.07, 6.45) is 6.39. The third-order valence-electron chi connectivity index (χ3n) is 4.90. The van der Waals surface area contributed by atoms with Crippen molar-refractivity contribution in [1.29, 1.82) is 0 Å². The molecular weight excluding hydrogens is 276 g/mol. The molecule has 0 bridgehead atoms. The SMILES string of the molecule is COc1ccccc1CN(C)C(=O)CC1(CN)CCCCC1. The molecule has 1 aromatic rings. The maximum Gasteiger partial charge on any atom is 0.223 e. The van der Waals surface area contributed by atoms with Crippen molar-refractivity contribution in [2.75, 3.05) is 20.7 Å². The zero-order valence-electron chi connectivity index (χ0n) is 13.8. The summed E-state index contributed by atoms with van der Waals surface area (Å²) in [6, 6.07) is 7.84. The van der Waals surface area contributed by atoms with Crippen molar-refractivity contribution in [3.05, 3.63) is 29.8 Å². The smallest absolute Gasteiger partial charge is 0.223 e. The van der Waals surface area contributed by atoms with Crippen molar-refractivity contribution in [3.63, 3.8) is 0 Å². The number of rotatable bonds is 6. The molecule has 0 atom stereocenters. The van der Waals surface area contributed by atoms with Gasteiger partial charge in [0.2, 0.25) is 5.91 Å². The lowest BCUT2D eigenvalue weighted by Crippen LogP contribution is -2.39. The van der Waals surface area contributed by atoms with Gasteiger partial charge in [-0.3, -0.25) is 4.79 Å². The van der Waals surface area contributed by atoms with Crippen molar-refractivity contribution >= 4 is 5.91 Å². The molecule has 122 valence electrons. The molecule has 1 aromatic carbocycles. The third kappa shape index (κ3) is 4.01. The molecule has 1 aliphatic rings. The normalized spacial score (nSPS) is 17.0. The van der Waals surface area contributed by atoms with Crippen molar-refractivity contribution in [1.82, 2.24) is 4.90 Å². The first-order chi connectivity index (χ1) is 10.6. The van der Waals surface area contributed by atoms with Crippen molar-refractivity contribution in [2.45, 2.75) is 45.1 Å². The predicted molar refractivity (Wildman–Crippen MR) is 88.7 cm³/mol. The van der Waals surface area contributed by atoms with E-state index in [-0.39, 0.29) is 11.3 Å². The lowest BCUT2D eigenvalue weighted by molar-refractivity contribution is -0.133. The van der Waals surface area contributed by atoms with Crippen molar-refractivity contribution in [3.8, 4) is 5.75 Å². The van der Waals surface area contributed by atoms with Crippen LogP contribution in [-0.2, 0) is 11.3 Å². The van der Waals surface area contributed by atoms with E-state index in [0.717, 1.165) is 24.2 Å². The molecule has 22 heavy (non-hydrogen) atoms. The summed E-state index contributed by atoms with van der Waals surface area (Å²) >= 11 is 0. The molecule has 0 heterocycles. The molecule has 4 heteroatoms. The van der Waals surface area contributed by atoms with Gasteiger partial charge in [0.05, 0.1) is 7.11 Å². The number of methoxy groups -OCH3 is 1. The summed E-state index contributed by atoms with van der Waals surface area (Å²) in [6.45, 7) is 1.19. The van der Waals surface area contributed by atoms with Gasteiger partial charge in [-0.15, -0.1) is 0 Å². The number of nitrogens with two attached hydrogens (primary N) is 1. The van der Waals surface area contributed by atoms with Crippen LogP contribution in [0.5, 0.6) is 5.75 Å². The molecule has 2 rings (SSSR count). The Hall–Kier alpha value is -1.55. The van der Waals surface area contributed by atoms with Crippen molar-refractivity contribution < 1.29 is 9.53 Å². The van der Waals surface area contributed by atoms with E-state index < -0.39 is 0 Å². The molecule has 0 aromatic heterocycles. The molecule has 4 nitrogen and oxygen atoms in total. The zero-order chi connectivity index (χ0) is 16.0. The summed E-state index contributed by atoms with van der Waals surface area (Å²) in [5.41, 5.74) is 7.05. The molecule has 1 amide bonds. The van der Waals surface area contributed by atoms with Gasteiger partial charge < -0.3 is 15.4 Å². The van der Waals surface area contributed by atoms with E-state index in [9.17, 15) is 4.79 Å². The molecule has 0 radical (unpaired) electrons. The van der Waals surface area contributed by atoms with E-state index in [0.29, 0.717) is 19.5 Å². The average molecular weight is 304 g/mol. The highest BCUT2D eigenvalue weighted by Gasteiger charge is 2.33. The van der Waals surface area contributed by atoms with E-state index in [1.807, 2.05) is 31.3 Å². The van der Waals surface area contributed by atoms with Gasteiger partial charge in [0, 0.05) is 25.6 Å². The number of hydrogen-bond acceptors (Lipinski definition) is 3. The van der Waals surface area contributed by atoms with Gasteiger partial charge in [-0.05, 0) is 30.9 Å². The Morgan fingerprint density at radius 3 is 2.59 bits per heavy atom. The number of benzene rings is 1. The number of para-hydroxylation sites is 1. The largest absolute Gasteiger partial charge is 0.496 e. The van der Waals surface area contributed by atoms with Crippen LogP contribution in [0, 0.1) is 5.41 Å². The summed E-state index contributed by atoms with van der Waals surface area (Å²) in [5.74, 6) is 1.01. The second kappa shape index (κ2) is 7.63. The van der Waals surface area contributed by atoms with Crippen LogP contribution in [0.15, 0.2) is 24.3 Å². The first-order valence-electron chi connectivity index (χ1n) is 8.16. The second-order valence-corrected chi connectivity index (χ2v) is 6.50. The van der Waals surface area contributed by atoms with Crippen molar-refractivity contribution in [2.24, 2.45) is 11.1 Å². The van der Waals surface area contributed by atoms with Gasteiger partial charge in [-0.25, -0.2) is 0 Å². The minimum atomic E-state index is 0.0182. The summed E-state index contributed by atoms with van der Waals surface area (Å²) < 4.78 is 5.36. The minimum Gasteiger partial charge on any atom is -0.496 e. The topological polar surface area (TPSA) is 55.6 Å². The van der Waals surface area contributed by atoms with Gasteiger partial charge in [-0.1, -0.05) is 37.5 Å². The maximum atomic E-state index is 12.6. The summed E-state index contributed by atoms with van der Waals surface area (Å²) in [5, 5.41) is 0. The molecular formula is C18H28N2O2. The van der Waals surface area contributed by atoms with Gasteiger partial charge in [0.1, 0.15) is 5.75 Å². The average Bonchev–Trinajstić information content (AvgIpc) is 2.56. The van der Waals surface area contributed by atoms with Crippen LogP contribution in [0.25, 0.3) is 0 Å². The van der Waals surface area contributed by atoms with E-state index in [1.165, 1.54) is 19.3 Å². The van der Waals surface area contributed by atoms with E-state index in [1.54, 1.807) is 12.0 Å². The molecule has 1 aliphatic carbocycles. The molecule has 2 N–H and O–H groups in total. The fraction of sp³-hybridized carbons (Fsp3) is 0.611. The quantitative estimate of drug-likeness (QED) is 0.879. The minimum absolute atomic E-state index is 0.0182. The highest BCUT2D eigenvalue weighted by Crippen LogP contribution is 2.38. The number of amides is 1.